The second-order valence-electron chi connectivity index (χ2n) is 7.05. The minimum absolute atomic E-state index is 0. The fourth-order valence-electron chi connectivity index (χ4n) is 3.67. The minimum Gasteiger partial charge on any atom is -0.353 e. The van der Waals surface area contributed by atoms with E-state index in [1.807, 2.05) is 0 Å². The minimum atomic E-state index is 0. The molecule has 2 fully saturated rings. The molecule has 3 nitrogen and oxygen atoms in total. The van der Waals surface area contributed by atoms with Crippen molar-refractivity contribution < 1.29 is 4.79 Å². The lowest BCUT2D eigenvalue weighted by Gasteiger charge is -2.23. The van der Waals surface area contributed by atoms with Gasteiger partial charge in [-0.1, -0.05) is 26.7 Å². The van der Waals surface area contributed by atoms with E-state index in [1.165, 1.54) is 32.1 Å². The van der Waals surface area contributed by atoms with Crippen molar-refractivity contribution >= 4 is 18.3 Å². The van der Waals surface area contributed by atoms with Crippen molar-refractivity contribution in [1.29, 1.82) is 0 Å². The van der Waals surface area contributed by atoms with Gasteiger partial charge in [-0.15, -0.1) is 12.4 Å². The van der Waals surface area contributed by atoms with Gasteiger partial charge in [0.2, 0.25) is 5.91 Å². The van der Waals surface area contributed by atoms with Gasteiger partial charge in [-0.3, -0.25) is 4.79 Å². The van der Waals surface area contributed by atoms with Gasteiger partial charge in [0.05, 0.1) is 0 Å². The van der Waals surface area contributed by atoms with E-state index >= 15 is 0 Å². The van der Waals surface area contributed by atoms with Gasteiger partial charge in [0.1, 0.15) is 0 Å². The second kappa shape index (κ2) is 8.23. The van der Waals surface area contributed by atoms with E-state index in [4.69, 9.17) is 5.73 Å². The van der Waals surface area contributed by atoms with Gasteiger partial charge in [-0.2, -0.15) is 0 Å². The fourth-order valence-corrected chi connectivity index (χ4v) is 3.67. The molecule has 118 valence electrons. The third kappa shape index (κ3) is 4.92. The van der Waals surface area contributed by atoms with E-state index in [2.05, 4.69) is 19.2 Å². The van der Waals surface area contributed by atoms with Crippen LogP contribution in [0.1, 0.15) is 65.2 Å². The summed E-state index contributed by atoms with van der Waals surface area (Å²) in [7, 11) is 0. The van der Waals surface area contributed by atoms with Crippen LogP contribution in [0.2, 0.25) is 0 Å². The highest BCUT2D eigenvalue weighted by atomic mass is 35.5. The molecule has 0 saturated heterocycles. The van der Waals surface area contributed by atoms with E-state index in [9.17, 15) is 4.79 Å². The first-order valence-corrected chi connectivity index (χ1v) is 8.12. The number of amides is 1. The highest BCUT2D eigenvalue weighted by Crippen LogP contribution is 2.32. The van der Waals surface area contributed by atoms with Gasteiger partial charge in [0.15, 0.2) is 0 Å². The molecular weight excluding hydrogens is 272 g/mol. The lowest BCUT2D eigenvalue weighted by atomic mass is 9.93. The SMILES string of the molecule is CC(C)CCC1CCCC1NC(=O)C1CCC(N)C1.Cl. The van der Waals surface area contributed by atoms with Crippen molar-refractivity contribution in [2.45, 2.75) is 77.3 Å². The molecule has 2 saturated carbocycles. The topological polar surface area (TPSA) is 55.1 Å². The highest BCUT2D eigenvalue weighted by molar-refractivity contribution is 5.85. The number of halogens is 1. The maximum Gasteiger partial charge on any atom is 0.223 e. The van der Waals surface area contributed by atoms with Crippen LogP contribution in [-0.2, 0) is 4.79 Å². The number of carbonyl (C=O) groups is 1. The number of nitrogens with two attached hydrogens (primary N) is 1. The van der Waals surface area contributed by atoms with Crippen LogP contribution in [-0.4, -0.2) is 18.0 Å². The largest absolute Gasteiger partial charge is 0.353 e. The van der Waals surface area contributed by atoms with E-state index in [1.54, 1.807) is 0 Å². The van der Waals surface area contributed by atoms with Crippen molar-refractivity contribution in [3.8, 4) is 0 Å². The van der Waals surface area contributed by atoms with Crippen LogP contribution < -0.4 is 11.1 Å². The molecule has 0 aromatic heterocycles. The predicted octanol–water partition coefficient (Wildman–Crippen LogP) is 3.26. The summed E-state index contributed by atoms with van der Waals surface area (Å²) in [5, 5.41) is 3.32. The number of rotatable bonds is 5. The average molecular weight is 303 g/mol. The molecule has 0 spiro atoms. The summed E-state index contributed by atoms with van der Waals surface area (Å²) in [6.07, 6.45) is 9.18. The fraction of sp³-hybridized carbons (Fsp3) is 0.938. The number of hydrogen-bond acceptors (Lipinski definition) is 2. The molecule has 4 unspecified atom stereocenters. The normalized spacial score (nSPS) is 33.2. The van der Waals surface area contributed by atoms with Crippen LogP contribution in [0, 0.1) is 17.8 Å². The Morgan fingerprint density at radius 1 is 1.25 bits per heavy atom. The zero-order valence-electron chi connectivity index (χ0n) is 12.9. The van der Waals surface area contributed by atoms with Crippen LogP contribution >= 0.6 is 12.4 Å². The number of nitrogens with one attached hydrogen (secondary N) is 1. The molecule has 0 bridgehead atoms. The number of carbonyl (C=O) groups excluding carboxylic acids is 1. The van der Waals surface area contributed by atoms with Crippen LogP contribution in [0.25, 0.3) is 0 Å². The monoisotopic (exact) mass is 302 g/mol. The summed E-state index contributed by atoms with van der Waals surface area (Å²) in [4.78, 5) is 12.3. The van der Waals surface area contributed by atoms with Gasteiger partial charge in [-0.25, -0.2) is 0 Å². The first kappa shape index (κ1) is 17.8. The Bertz CT molecular complexity index is 309. The zero-order valence-corrected chi connectivity index (χ0v) is 13.8. The molecule has 20 heavy (non-hydrogen) atoms. The zero-order chi connectivity index (χ0) is 13.8. The molecule has 4 heteroatoms. The lowest BCUT2D eigenvalue weighted by molar-refractivity contribution is -0.125. The molecule has 0 aliphatic heterocycles. The van der Waals surface area contributed by atoms with Crippen LogP contribution in [0.5, 0.6) is 0 Å². The van der Waals surface area contributed by atoms with E-state index in [0.717, 1.165) is 25.2 Å². The van der Waals surface area contributed by atoms with Crippen molar-refractivity contribution in [1.82, 2.24) is 5.32 Å². The van der Waals surface area contributed by atoms with Gasteiger partial charge >= 0.3 is 0 Å². The van der Waals surface area contributed by atoms with Crippen LogP contribution in [0.15, 0.2) is 0 Å². The lowest BCUT2D eigenvalue weighted by Crippen LogP contribution is -2.40. The average Bonchev–Trinajstić information content (AvgIpc) is 2.95. The smallest absolute Gasteiger partial charge is 0.223 e. The molecule has 2 aliphatic rings. The van der Waals surface area contributed by atoms with Crippen molar-refractivity contribution in [3.05, 3.63) is 0 Å². The van der Waals surface area contributed by atoms with Crippen molar-refractivity contribution in [3.63, 3.8) is 0 Å². The molecule has 0 heterocycles. The molecule has 0 radical (unpaired) electrons. The van der Waals surface area contributed by atoms with Crippen molar-refractivity contribution in [2.24, 2.45) is 23.5 Å². The predicted molar refractivity (Wildman–Crippen MR) is 85.9 cm³/mol. The Morgan fingerprint density at radius 3 is 2.60 bits per heavy atom. The van der Waals surface area contributed by atoms with E-state index in [0.29, 0.717) is 12.0 Å². The number of hydrogen-bond donors (Lipinski definition) is 2. The molecule has 1 amide bonds. The van der Waals surface area contributed by atoms with Crippen LogP contribution in [0.3, 0.4) is 0 Å². The molecule has 0 aromatic rings. The Balaban J connectivity index is 0.00000200. The third-order valence-electron chi connectivity index (χ3n) is 4.95. The van der Waals surface area contributed by atoms with Gasteiger partial charge in [0.25, 0.3) is 0 Å². The summed E-state index contributed by atoms with van der Waals surface area (Å²) in [5.74, 6) is 1.93. The maximum absolute atomic E-state index is 12.3. The first-order chi connectivity index (χ1) is 9.06. The molecule has 0 aromatic carbocycles. The first-order valence-electron chi connectivity index (χ1n) is 8.12. The third-order valence-corrected chi connectivity index (χ3v) is 4.95. The Kier molecular flexibility index (Phi) is 7.32. The quantitative estimate of drug-likeness (QED) is 0.819. The Labute approximate surface area is 129 Å². The Hall–Kier alpha value is -0.280. The summed E-state index contributed by atoms with van der Waals surface area (Å²) < 4.78 is 0. The van der Waals surface area contributed by atoms with Gasteiger partial charge in [0, 0.05) is 18.0 Å². The van der Waals surface area contributed by atoms with Crippen molar-refractivity contribution in [2.75, 3.05) is 0 Å². The molecule has 2 rings (SSSR count). The summed E-state index contributed by atoms with van der Waals surface area (Å²) in [5.41, 5.74) is 5.90. The second-order valence-corrected chi connectivity index (χ2v) is 7.05. The van der Waals surface area contributed by atoms with Crippen LogP contribution in [0.4, 0.5) is 0 Å². The summed E-state index contributed by atoms with van der Waals surface area (Å²) >= 11 is 0. The summed E-state index contributed by atoms with van der Waals surface area (Å²) in [6, 6.07) is 0.680. The Morgan fingerprint density at radius 2 is 2.00 bits per heavy atom. The molecule has 3 N–H and O–H groups in total. The maximum atomic E-state index is 12.3. The van der Waals surface area contributed by atoms with E-state index < -0.39 is 0 Å². The standard InChI is InChI=1S/C16H30N2O.ClH/c1-11(2)6-7-12-4-3-5-15(12)18-16(19)13-8-9-14(17)10-13;/h11-15H,3-10,17H2,1-2H3,(H,18,19);1H. The summed E-state index contributed by atoms with van der Waals surface area (Å²) in [6.45, 7) is 4.56. The van der Waals surface area contributed by atoms with E-state index in [-0.39, 0.29) is 30.3 Å². The van der Waals surface area contributed by atoms with Gasteiger partial charge < -0.3 is 11.1 Å². The molecule has 4 atom stereocenters. The highest BCUT2D eigenvalue weighted by Gasteiger charge is 2.33. The molecule has 2 aliphatic carbocycles. The molecular formula is C16H31ClN2O. The van der Waals surface area contributed by atoms with Gasteiger partial charge in [-0.05, 0) is 50.4 Å².